The normalized spacial score (nSPS) is 12.1. The van der Waals surface area contributed by atoms with E-state index in [4.69, 9.17) is 4.74 Å². The van der Waals surface area contributed by atoms with Gasteiger partial charge in [-0.1, -0.05) is 37.3 Å². The van der Waals surface area contributed by atoms with Gasteiger partial charge < -0.3 is 10.1 Å². The van der Waals surface area contributed by atoms with E-state index < -0.39 is 0 Å². The molecule has 0 spiro atoms. The summed E-state index contributed by atoms with van der Waals surface area (Å²) in [6, 6.07) is 10.5. The Kier molecular flexibility index (Phi) is 4.59. The number of rotatable bonds is 6. The summed E-state index contributed by atoms with van der Waals surface area (Å²) in [4.78, 5) is 4.35. The van der Waals surface area contributed by atoms with Gasteiger partial charge >= 0.3 is 0 Å². The van der Waals surface area contributed by atoms with Gasteiger partial charge in [-0.05, 0) is 18.4 Å². The second-order valence-corrected chi connectivity index (χ2v) is 4.97. The molecule has 2 rings (SSSR count). The largest absolute Gasteiger partial charge is 0.477 e. The van der Waals surface area contributed by atoms with Gasteiger partial charge in [0.1, 0.15) is 0 Å². The van der Waals surface area contributed by atoms with E-state index in [0.29, 0.717) is 18.4 Å². The highest BCUT2D eigenvalue weighted by atomic mass is 32.1. The highest BCUT2D eigenvalue weighted by Crippen LogP contribution is 2.22. The molecular weight excluding hydrogens is 244 g/mol. The van der Waals surface area contributed by atoms with Gasteiger partial charge in [0.05, 0.1) is 12.0 Å². The Hall–Kier alpha value is -1.55. The third-order valence-corrected chi connectivity index (χ3v) is 3.48. The number of nitrogens with one attached hydrogen (secondary N) is 1. The predicted octanol–water partition coefficient (Wildman–Crippen LogP) is 3.76. The van der Waals surface area contributed by atoms with Gasteiger partial charge in [0.15, 0.2) is 5.13 Å². The zero-order chi connectivity index (χ0) is 12.8. The number of ether oxygens (including phenoxy) is 1. The Morgan fingerprint density at radius 1 is 1.33 bits per heavy atom. The SMILES string of the molecule is CCOc1csc(NCC(C)c2ccccc2)n1. The van der Waals surface area contributed by atoms with E-state index in [2.05, 4.69) is 41.5 Å². The number of hydrogen-bond acceptors (Lipinski definition) is 4. The maximum absolute atomic E-state index is 5.34. The second kappa shape index (κ2) is 6.40. The third-order valence-electron chi connectivity index (χ3n) is 2.70. The Balaban J connectivity index is 1.87. The quantitative estimate of drug-likeness (QED) is 0.860. The fourth-order valence-corrected chi connectivity index (χ4v) is 2.34. The van der Waals surface area contributed by atoms with Crippen molar-refractivity contribution in [2.45, 2.75) is 19.8 Å². The number of thiazole rings is 1. The van der Waals surface area contributed by atoms with E-state index >= 15 is 0 Å². The van der Waals surface area contributed by atoms with Crippen molar-refractivity contribution in [1.29, 1.82) is 0 Å². The van der Waals surface area contributed by atoms with Gasteiger partial charge in [0.25, 0.3) is 0 Å². The molecule has 2 aromatic rings. The van der Waals surface area contributed by atoms with Crippen LogP contribution in [-0.4, -0.2) is 18.1 Å². The summed E-state index contributed by atoms with van der Waals surface area (Å²) in [7, 11) is 0. The Labute approximate surface area is 112 Å². The van der Waals surface area contributed by atoms with E-state index in [0.717, 1.165) is 11.7 Å². The topological polar surface area (TPSA) is 34.1 Å². The molecule has 1 unspecified atom stereocenters. The fourth-order valence-electron chi connectivity index (χ4n) is 1.69. The molecule has 0 fully saturated rings. The molecule has 0 saturated heterocycles. The molecule has 0 radical (unpaired) electrons. The van der Waals surface area contributed by atoms with Crippen LogP contribution in [0.25, 0.3) is 0 Å². The lowest BCUT2D eigenvalue weighted by Crippen LogP contribution is -2.09. The van der Waals surface area contributed by atoms with Crippen LogP contribution in [0.15, 0.2) is 35.7 Å². The average molecular weight is 262 g/mol. The summed E-state index contributed by atoms with van der Waals surface area (Å²) in [5, 5.41) is 6.20. The van der Waals surface area contributed by atoms with Crippen molar-refractivity contribution in [2.75, 3.05) is 18.5 Å². The highest BCUT2D eigenvalue weighted by Gasteiger charge is 2.06. The maximum Gasteiger partial charge on any atom is 0.226 e. The van der Waals surface area contributed by atoms with Crippen molar-refractivity contribution >= 4 is 16.5 Å². The Morgan fingerprint density at radius 2 is 2.11 bits per heavy atom. The Morgan fingerprint density at radius 3 is 2.83 bits per heavy atom. The number of hydrogen-bond donors (Lipinski definition) is 1. The van der Waals surface area contributed by atoms with Crippen molar-refractivity contribution in [2.24, 2.45) is 0 Å². The molecule has 1 heterocycles. The molecule has 3 nitrogen and oxygen atoms in total. The lowest BCUT2D eigenvalue weighted by atomic mass is 10.0. The summed E-state index contributed by atoms with van der Waals surface area (Å²) in [6.07, 6.45) is 0. The molecule has 18 heavy (non-hydrogen) atoms. The number of nitrogens with zero attached hydrogens (tertiary/aromatic N) is 1. The molecule has 0 aliphatic heterocycles. The molecule has 0 amide bonds. The monoisotopic (exact) mass is 262 g/mol. The summed E-state index contributed by atoms with van der Waals surface area (Å²) in [5.74, 6) is 1.17. The summed E-state index contributed by atoms with van der Waals surface area (Å²) in [6.45, 7) is 5.70. The van der Waals surface area contributed by atoms with Crippen LogP contribution in [0.1, 0.15) is 25.3 Å². The van der Waals surface area contributed by atoms with E-state index in [1.54, 1.807) is 11.3 Å². The van der Waals surface area contributed by atoms with E-state index in [1.165, 1.54) is 5.56 Å². The molecule has 0 aliphatic carbocycles. The summed E-state index contributed by atoms with van der Waals surface area (Å²) in [5.41, 5.74) is 1.34. The van der Waals surface area contributed by atoms with Crippen molar-refractivity contribution in [3.63, 3.8) is 0 Å². The molecule has 1 aromatic heterocycles. The van der Waals surface area contributed by atoms with Crippen LogP contribution in [0, 0.1) is 0 Å². The Bertz CT molecular complexity index is 470. The summed E-state index contributed by atoms with van der Waals surface area (Å²) < 4.78 is 5.34. The highest BCUT2D eigenvalue weighted by molar-refractivity contribution is 7.13. The number of aromatic nitrogens is 1. The average Bonchev–Trinajstić information content (AvgIpc) is 2.85. The molecule has 1 atom stereocenters. The van der Waals surface area contributed by atoms with Crippen LogP contribution in [0.4, 0.5) is 5.13 Å². The predicted molar refractivity (Wildman–Crippen MR) is 76.6 cm³/mol. The molecule has 1 aromatic carbocycles. The molecule has 1 N–H and O–H groups in total. The molecular formula is C14H18N2OS. The zero-order valence-corrected chi connectivity index (χ0v) is 11.5. The summed E-state index contributed by atoms with van der Waals surface area (Å²) >= 11 is 1.58. The van der Waals surface area contributed by atoms with Gasteiger partial charge in [-0.3, -0.25) is 0 Å². The first-order valence-electron chi connectivity index (χ1n) is 6.16. The van der Waals surface area contributed by atoms with Crippen molar-refractivity contribution in [3.8, 4) is 5.88 Å². The van der Waals surface area contributed by atoms with Crippen LogP contribution in [0.5, 0.6) is 5.88 Å². The molecule has 96 valence electrons. The standard InChI is InChI=1S/C14H18N2OS/c1-3-17-13-10-18-14(16-13)15-9-11(2)12-7-5-4-6-8-12/h4-8,10-11H,3,9H2,1-2H3,(H,15,16). The minimum atomic E-state index is 0.464. The lowest BCUT2D eigenvalue weighted by molar-refractivity contribution is 0.329. The van der Waals surface area contributed by atoms with Crippen LogP contribution < -0.4 is 10.1 Å². The molecule has 0 aliphatic rings. The first-order valence-corrected chi connectivity index (χ1v) is 7.04. The van der Waals surface area contributed by atoms with Gasteiger partial charge in [-0.25, -0.2) is 0 Å². The lowest BCUT2D eigenvalue weighted by Gasteiger charge is -2.12. The molecule has 4 heteroatoms. The van der Waals surface area contributed by atoms with Crippen molar-refractivity contribution < 1.29 is 4.74 Å². The van der Waals surface area contributed by atoms with Gasteiger partial charge in [-0.2, -0.15) is 4.98 Å². The number of anilines is 1. The first kappa shape index (κ1) is 12.9. The maximum atomic E-state index is 5.34. The van der Waals surface area contributed by atoms with Crippen LogP contribution >= 0.6 is 11.3 Å². The fraction of sp³-hybridized carbons (Fsp3) is 0.357. The van der Waals surface area contributed by atoms with Gasteiger partial charge in [0, 0.05) is 6.54 Å². The van der Waals surface area contributed by atoms with Crippen molar-refractivity contribution in [3.05, 3.63) is 41.3 Å². The minimum Gasteiger partial charge on any atom is -0.477 e. The molecule has 0 bridgehead atoms. The van der Waals surface area contributed by atoms with E-state index in [1.807, 2.05) is 18.4 Å². The number of benzene rings is 1. The van der Waals surface area contributed by atoms with E-state index in [-0.39, 0.29) is 0 Å². The minimum absolute atomic E-state index is 0.464. The molecule has 0 saturated carbocycles. The van der Waals surface area contributed by atoms with Crippen molar-refractivity contribution in [1.82, 2.24) is 4.98 Å². The van der Waals surface area contributed by atoms with E-state index in [9.17, 15) is 0 Å². The third kappa shape index (κ3) is 3.47. The van der Waals surface area contributed by atoms with Crippen LogP contribution in [0.2, 0.25) is 0 Å². The first-order chi connectivity index (χ1) is 8.79. The van der Waals surface area contributed by atoms with Crippen LogP contribution in [0.3, 0.4) is 0 Å². The smallest absolute Gasteiger partial charge is 0.226 e. The second-order valence-electron chi connectivity index (χ2n) is 4.12. The van der Waals surface area contributed by atoms with Gasteiger partial charge in [0.2, 0.25) is 5.88 Å². The van der Waals surface area contributed by atoms with Gasteiger partial charge in [-0.15, -0.1) is 11.3 Å². The zero-order valence-electron chi connectivity index (χ0n) is 10.7. The van der Waals surface area contributed by atoms with Crippen LogP contribution in [-0.2, 0) is 0 Å².